The number of furan rings is 1. The van der Waals surface area contributed by atoms with E-state index in [4.69, 9.17) is 19.9 Å². The van der Waals surface area contributed by atoms with E-state index in [1.54, 1.807) is 12.1 Å². The van der Waals surface area contributed by atoms with Gasteiger partial charge in [0.15, 0.2) is 0 Å². The van der Waals surface area contributed by atoms with Crippen molar-refractivity contribution in [3.63, 3.8) is 0 Å². The predicted molar refractivity (Wildman–Crippen MR) is 214 cm³/mol. The molecular formula is C47H42F3N3O. The van der Waals surface area contributed by atoms with Crippen molar-refractivity contribution in [3.05, 3.63) is 138 Å². The predicted octanol–water partition coefficient (Wildman–Crippen LogP) is 13.7. The van der Waals surface area contributed by atoms with Gasteiger partial charge >= 0.3 is 6.18 Å². The summed E-state index contributed by atoms with van der Waals surface area (Å²) in [6, 6.07) is 37.3. The van der Waals surface area contributed by atoms with Crippen molar-refractivity contribution in [2.75, 3.05) is 0 Å². The standard InChI is InChI=1S/C47H42F3N3O/c1-28(2)34-11-9-12-35(29(3)4)42(34)53-41-16-8-7-15-40(41)51-44(53)38-14-10-13-36-37-25-26-39(52-45(37)54-43(36)38)33-23-21-32(22-24-33)31-19-17-30(18-20-31)27-46(5,6)47(48,49)50/h7-26,28-29H,27H2,1-6H3/i27D2,28D,29D. The van der Waals surface area contributed by atoms with Gasteiger partial charge in [0.1, 0.15) is 11.4 Å². The molecule has 8 aromatic rings. The second kappa shape index (κ2) is 13.3. The third-order valence-corrected chi connectivity index (χ3v) is 10.1. The molecule has 0 aliphatic rings. The highest BCUT2D eigenvalue weighted by atomic mass is 19.4. The van der Waals surface area contributed by atoms with E-state index >= 15 is 0 Å². The van der Waals surface area contributed by atoms with Crippen LogP contribution in [0.3, 0.4) is 0 Å². The zero-order chi connectivity index (χ0) is 41.6. The Morgan fingerprint density at radius 3 is 1.94 bits per heavy atom. The molecule has 0 radical (unpaired) electrons. The number of imidazole rings is 1. The normalized spacial score (nSPS) is 14.3. The summed E-state index contributed by atoms with van der Waals surface area (Å²) in [5.74, 6) is -1.35. The topological polar surface area (TPSA) is 43.9 Å². The van der Waals surface area contributed by atoms with Crippen molar-refractivity contribution >= 4 is 33.1 Å². The van der Waals surface area contributed by atoms with Crippen molar-refractivity contribution in [3.8, 4) is 39.5 Å². The number of fused-ring (bicyclic) bond motifs is 4. The van der Waals surface area contributed by atoms with Gasteiger partial charge in [-0.05, 0) is 76.3 Å². The average molecular weight is 726 g/mol. The molecule has 0 aliphatic heterocycles. The molecule has 7 heteroatoms. The molecule has 4 nitrogen and oxygen atoms in total. The van der Waals surface area contributed by atoms with Crippen LogP contribution in [0.1, 0.15) is 75.5 Å². The highest BCUT2D eigenvalue weighted by Gasteiger charge is 2.46. The Balaban J connectivity index is 1.19. The van der Waals surface area contributed by atoms with E-state index in [0.29, 0.717) is 22.8 Å². The molecule has 8 rings (SSSR count). The van der Waals surface area contributed by atoms with Crippen LogP contribution in [-0.2, 0) is 6.37 Å². The summed E-state index contributed by atoms with van der Waals surface area (Å²) in [7, 11) is 0. The van der Waals surface area contributed by atoms with Crippen LogP contribution in [0.4, 0.5) is 13.2 Å². The Hall–Kier alpha value is -5.69. The van der Waals surface area contributed by atoms with Crippen molar-refractivity contribution in [2.45, 2.75) is 65.9 Å². The lowest BCUT2D eigenvalue weighted by molar-refractivity contribution is -0.211. The smallest absolute Gasteiger partial charge is 0.394 e. The van der Waals surface area contributed by atoms with E-state index in [2.05, 4.69) is 4.57 Å². The maximum atomic E-state index is 13.7. The molecule has 3 aromatic heterocycles. The molecular weight excluding hydrogens is 680 g/mol. The van der Waals surface area contributed by atoms with E-state index in [9.17, 15) is 13.2 Å². The Morgan fingerprint density at radius 2 is 1.30 bits per heavy atom. The number of nitrogens with zero attached hydrogens (tertiary/aromatic N) is 3. The molecule has 0 aliphatic carbocycles. The lowest BCUT2D eigenvalue weighted by atomic mass is 9.84. The molecule has 0 atom stereocenters. The van der Waals surface area contributed by atoms with Crippen LogP contribution in [-0.4, -0.2) is 20.7 Å². The van der Waals surface area contributed by atoms with Crippen LogP contribution in [0.5, 0.6) is 0 Å². The van der Waals surface area contributed by atoms with Gasteiger partial charge in [0, 0.05) is 21.8 Å². The maximum Gasteiger partial charge on any atom is 0.394 e. The molecule has 0 saturated heterocycles. The molecule has 5 aromatic carbocycles. The average Bonchev–Trinajstić information content (AvgIpc) is 3.75. The monoisotopic (exact) mass is 725 g/mol. The number of benzene rings is 5. The lowest BCUT2D eigenvalue weighted by Crippen LogP contribution is -2.34. The lowest BCUT2D eigenvalue weighted by Gasteiger charge is -2.27. The number of alkyl halides is 3. The van der Waals surface area contributed by atoms with Gasteiger partial charge in [-0.25, -0.2) is 9.97 Å². The second-order valence-electron chi connectivity index (χ2n) is 14.7. The third kappa shape index (κ3) is 6.15. The first-order valence-corrected chi connectivity index (χ1v) is 17.9. The van der Waals surface area contributed by atoms with E-state index in [0.717, 1.165) is 74.7 Å². The number of para-hydroxylation sites is 4. The van der Waals surface area contributed by atoms with Crippen LogP contribution in [0.2, 0.25) is 0 Å². The van der Waals surface area contributed by atoms with E-state index in [1.807, 2.05) is 125 Å². The van der Waals surface area contributed by atoms with E-state index in [-0.39, 0.29) is 5.56 Å². The fraction of sp³-hybridized carbons (Fsp3) is 0.234. The van der Waals surface area contributed by atoms with Crippen LogP contribution in [0, 0.1) is 5.41 Å². The van der Waals surface area contributed by atoms with Gasteiger partial charge in [-0.1, -0.05) is 133 Å². The van der Waals surface area contributed by atoms with Crippen LogP contribution in [0.15, 0.2) is 126 Å². The molecule has 0 unspecified atom stereocenters. The molecule has 3 heterocycles. The minimum absolute atomic E-state index is 0.0397. The Kier molecular flexibility index (Phi) is 7.58. The summed E-state index contributed by atoms with van der Waals surface area (Å²) in [5.41, 5.74) is 6.14. The third-order valence-electron chi connectivity index (χ3n) is 10.1. The zero-order valence-corrected chi connectivity index (χ0v) is 30.9. The summed E-state index contributed by atoms with van der Waals surface area (Å²) < 4.78 is 84.7. The van der Waals surface area contributed by atoms with Crippen LogP contribution in [0.25, 0.3) is 72.6 Å². The summed E-state index contributed by atoms with van der Waals surface area (Å²) in [4.78, 5) is 10.1. The largest absolute Gasteiger partial charge is 0.437 e. The number of aromatic nitrogens is 3. The van der Waals surface area contributed by atoms with Crippen LogP contribution >= 0.6 is 0 Å². The van der Waals surface area contributed by atoms with Crippen molar-refractivity contribution in [1.82, 2.24) is 14.5 Å². The highest BCUT2D eigenvalue weighted by Crippen LogP contribution is 2.42. The SMILES string of the molecule is [2H]C(C)(C)c1cccc(C([2H])(C)C)c1-n1c(-c2cccc3c2oc2nc(-c4ccc(-c5ccc(C([2H])([2H])C(C)(C)C(F)(F)F)cc5)cc4)ccc23)nc2ccccc21. The minimum atomic E-state index is -4.72. The maximum absolute atomic E-state index is 13.7. The number of hydrogen-bond donors (Lipinski definition) is 0. The van der Waals surface area contributed by atoms with Crippen molar-refractivity contribution in [2.24, 2.45) is 5.41 Å². The van der Waals surface area contributed by atoms with Gasteiger partial charge in [-0.2, -0.15) is 13.2 Å². The fourth-order valence-electron chi connectivity index (χ4n) is 7.05. The fourth-order valence-corrected chi connectivity index (χ4v) is 7.05. The second-order valence-corrected chi connectivity index (χ2v) is 14.7. The number of rotatable bonds is 8. The van der Waals surface area contributed by atoms with Gasteiger partial charge < -0.3 is 4.42 Å². The van der Waals surface area contributed by atoms with E-state index < -0.39 is 29.8 Å². The molecule has 0 N–H and O–H groups in total. The molecule has 0 fully saturated rings. The van der Waals surface area contributed by atoms with Crippen molar-refractivity contribution < 1.29 is 23.1 Å². The Morgan fingerprint density at radius 1 is 0.685 bits per heavy atom. The summed E-state index contributed by atoms with van der Waals surface area (Å²) in [5, 5.41) is 1.69. The van der Waals surface area contributed by atoms with Gasteiger partial charge in [0.25, 0.3) is 0 Å². The molecule has 0 saturated carbocycles. The quantitative estimate of drug-likeness (QED) is 0.157. The summed E-state index contributed by atoms with van der Waals surface area (Å²) >= 11 is 0. The first-order chi connectivity index (χ1) is 27.2. The molecule has 54 heavy (non-hydrogen) atoms. The first kappa shape index (κ1) is 30.7. The van der Waals surface area contributed by atoms with E-state index in [1.165, 1.54) is 12.1 Å². The number of pyridine rings is 1. The number of hydrogen-bond acceptors (Lipinski definition) is 3. The van der Waals surface area contributed by atoms with Gasteiger partial charge in [0.05, 0.1) is 33.4 Å². The highest BCUT2D eigenvalue weighted by molar-refractivity contribution is 6.09. The summed E-state index contributed by atoms with van der Waals surface area (Å²) in [6.07, 6.45) is -7.35. The van der Waals surface area contributed by atoms with Crippen molar-refractivity contribution in [1.29, 1.82) is 0 Å². The van der Waals surface area contributed by atoms with Gasteiger partial charge in [-0.15, -0.1) is 0 Å². The Labute approximate surface area is 318 Å². The first-order valence-electron chi connectivity index (χ1n) is 19.9. The zero-order valence-electron chi connectivity index (χ0n) is 34.9. The molecule has 0 amide bonds. The number of halogens is 3. The van der Waals surface area contributed by atoms with Gasteiger partial charge in [0.2, 0.25) is 5.71 Å². The van der Waals surface area contributed by atoms with Gasteiger partial charge in [-0.3, -0.25) is 4.57 Å². The minimum Gasteiger partial charge on any atom is -0.437 e. The molecule has 0 bridgehead atoms. The Bertz CT molecular complexity index is 2810. The van der Waals surface area contributed by atoms with Crippen LogP contribution < -0.4 is 0 Å². The molecule has 0 spiro atoms. The molecule has 272 valence electrons. The summed E-state index contributed by atoms with van der Waals surface area (Å²) in [6.45, 7) is 9.18.